The third-order valence-electron chi connectivity index (χ3n) is 4.14. The second-order valence-corrected chi connectivity index (χ2v) is 15.3. The quantitative estimate of drug-likeness (QED) is 0.395. The zero-order chi connectivity index (χ0) is 17.3. The fourth-order valence-corrected chi connectivity index (χ4v) is 6.26. The number of hydrogen-bond donors (Lipinski definition) is 0. The molecule has 0 N–H and O–H groups in total. The molecule has 1 aromatic carbocycles. The van der Waals surface area contributed by atoms with Gasteiger partial charge in [0, 0.05) is 20.7 Å². The highest BCUT2D eigenvalue weighted by Crippen LogP contribution is 2.32. The lowest BCUT2D eigenvalue weighted by Crippen LogP contribution is -2.19. The second-order valence-electron chi connectivity index (χ2n) is 7.92. The zero-order valence-electron chi connectivity index (χ0n) is 14.8. The van der Waals surface area contributed by atoms with Gasteiger partial charge in [-0.25, -0.2) is 8.42 Å². The smallest absolute Gasteiger partial charge is 0.207 e. The van der Waals surface area contributed by atoms with Crippen molar-refractivity contribution in [2.24, 2.45) is 0 Å². The summed E-state index contributed by atoms with van der Waals surface area (Å²) in [6.07, 6.45) is 3.00. The molecule has 1 unspecified atom stereocenters. The fourth-order valence-electron chi connectivity index (χ4n) is 2.96. The normalized spacial score (nSPS) is 21.2. The fraction of sp³-hybridized carbons (Fsp3) is 0.556. The Morgan fingerprint density at radius 2 is 1.87 bits per heavy atom. The minimum absolute atomic E-state index is 0.181. The number of allylic oxidation sites excluding steroid dienone is 1. The highest BCUT2D eigenvalue weighted by Gasteiger charge is 2.43. The Morgan fingerprint density at radius 3 is 2.43 bits per heavy atom. The third-order valence-corrected chi connectivity index (χ3v) is 7.63. The molecule has 2 rings (SSSR count). The molecule has 3 nitrogen and oxygen atoms in total. The Hall–Kier alpha value is -0.913. The third kappa shape index (κ3) is 5.30. The molecule has 0 aliphatic carbocycles. The van der Waals surface area contributed by atoms with Gasteiger partial charge in [-0.3, -0.25) is 0 Å². The first-order valence-corrected chi connectivity index (χ1v) is 13.5. The van der Waals surface area contributed by atoms with Gasteiger partial charge in [0.2, 0.25) is 10.0 Å². The lowest BCUT2D eigenvalue weighted by Gasteiger charge is -2.17. The van der Waals surface area contributed by atoms with Gasteiger partial charge in [-0.2, -0.15) is 4.31 Å². The molecule has 0 saturated carbocycles. The van der Waals surface area contributed by atoms with E-state index < -0.39 is 18.1 Å². The Balaban J connectivity index is 1.81. The summed E-state index contributed by atoms with van der Waals surface area (Å²) < 4.78 is 26.7. The SMILES string of the molecule is C=C(CCC[C@@H]1CN1S(=O)(=O)c1ccc(C)cc1)C[Si](C)(C)C. The summed E-state index contributed by atoms with van der Waals surface area (Å²) in [5.74, 6) is 0. The topological polar surface area (TPSA) is 37.1 Å². The molecule has 1 aliphatic heterocycles. The van der Waals surface area contributed by atoms with Crippen molar-refractivity contribution in [2.45, 2.75) is 62.8 Å². The highest BCUT2D eigenvalue weighted by molar-refractivity contribution is 7.89. The van der Waals surface area contributed by atoms with Gasteiger partial charge < -0.3 is 0 Å². The molecule has 1 saturated heterocycles. The maximum atomic E-state index is 12.5. The van der Waals surface area contributed by atoms with E-state index in [1.807, 2.05) is 19.1 Å². The van der Waals surface area contributed by atoms with E-state index in [4.69, 9.17) is 0 Å². The van der Waals surface area contributed by atoms with Crippen molar-refractivity contribution in [1.29, 1.82) is 0 Å². The predicted octanol–water partition coefficient (Wildman–Crippen LogP) is 4.43. The molecule has 0 amide bonds. The van der Waals surface area contributed by atoms with Crippen molar-refractivity contribution in [3.8, 4) is 0 Å². The van der Waals surface area contributed by atoms with E-state index in [0.717, 1.165) is 24.8 Å². The van der Waals surface area contributed by atoms with Crippen LogP contribution in [0, 0.1) is 6.92 Å². The Labute approximate surface area is 142 Å². The summed E-state index contributed by atoms with van der Waals surface area (Å²) in [4.78, 5) is 0.411. The number of nitrogens with zero attached hydrogens (tertiary/aromatic N) is 1. The summed E-state index contributed by atoms with van der Waals surface area (Å²) in [6, 6.07) is 8.47. The first-order valence-electron chi connectivity index (χ1n) is 8.35. The molecule has 0 aromatic heterocycles. The standard InChI is InChI=1S/C18H29NO2SSi/c1-15-9-11-18(12-10-15)22(20,21)19-13-17(19)8-6-7-16(2)14-23(3,4)5/h9-12,17H,2,6-8,13-14H2,1,3-5H3/t17-,19?/m1/s1. The number of benzene rings is 1. The van der Waals surface area contributed by atoms with Crippen molar-refractivity contribution < 1.29 is 8.42 Å². The van der Waals surface area contributed by atoms with Crippen LogP contribution in [0.15, 0.2) is 41.3 Å². The first-order chi connectivity index (χ1) is 10.6. The summed E-state index contributed by atoms with van der Waals surface area (Å²) in [6.45, 7) is 13.9. The van der Waals surface area contributed by atoms with Crippen LogP contribution in [-0.4, -0.2) is 33.4 Å². The van der Waals surface area contributed by atoms with E-state index in [9.17, 15) is 8.42 Å². The van der Waals surface area contributed by atoms with E-state index >= 15 is 0 Å². The number of rotatable bonds is 8. The van der Waals surface area contributed by atoms with E-state index in [0.29, 0.717) is 11.4 Å². The van der Waals surface area contributed by atoms with Crippen LogP contribution in [-0.2, 0) is 10.0 Å². The number of sulfonamides is 1. The molecule has 0 bridgehead atoms. The average molecular weight is 352 g/mol. The van der Waals surface area contributed by atoms with Crippen molar-refractivity contribution in [3.05, 3.63) is 42.0 Å². The average Bonchev–Trinajstić information content (AvgIpc) is 3.17. The van der Waals surface area contributed by atoms with Crippen LogP contribution >= 0.6 is 0 Å². The minimum Gasteiger partial charge on any atom is -0.207 e. The number of hydrogen-bond acceptors (Lipinski definition) is 2. The van der Waals surface area contributed by atoms with E-state index in [2.05, 4.69) is 26.2 Å². The van der Waals surface area contributed by atoms with Crippen molar-refractivity contribution in [2.75, 3.05) is 6.54 Å². The zero-order valence-corrected chi connectivity index (χ0v) is 16.6. The molecular weight excluding hydrogens is 322 g/mol. The van der Waals surface area contributed by atoms with Gasteiger partial charge in [0.15, 0.2) is 0 Å². The van der Waals surface area contributed by atoms with Crippen molar-refractivity contribution in [3.63, 3.8) is 0 Å². The van der Waals surface area contributed by atoms with Gasteiger partial charge >= 0.3 is 0 Å². The Kier molecular flexibility index (Phi) is 5.54. The lowest BCUT2D eigenvalue weighted by atomic mass is 10.1. The predicted molar refractivity (Wildman–Crippen MR) is 100 cm³/mol. The van der Waals surface area contributed by atoms with Gasteiger partial charge in [0.05, 0.1) is 4.90 Å². The van der Waals surface area contributed by atoms with Gasteiger partial charge in [0.1, 0.15) is 0 Å². The molecule has 23 heavy (non-hydrogen) atoms. The maximum Gasteiger partial charge on any atom is 0.243 e. The van der Waals surface area contributed by atoms with Crippen LogP contribution in [0.2, 0.25) is 25.7 Å². The van der Waals surface area contributed by atoms with Crippen LogP contribution < -0.4 is 0 Å². The molecule has 2 atom stereocenters. The van der Waals surface area contributed by atoms with Gasteiger partial charge in [0.25, 0.3) is 0 Å². The first kappa shape index (κ1) is 18.4. The Morgan fingerprint density at radius 1 is 1.26 bits per heavy atom. The summed E-state index contributed by atoms with van der Waals surface area (Å²) in [5, 5.41) is 0. The summed E-state index contributed by atoms with van der Waals surface area (Å²) in [7, 11) is -4.37. The monoisotopic (exact) mass is 351 g/mol. The molecule has 1 heterocycles. The van der Waals surface area contributed by atoms with Gasteiger partial charge in [-0.1, -0.05) is 42.9 Å². The largest absolute Gasteiger partial charge is 0.243 e. The molecule has 128 valence electrons. The van der Waals surface area contributed by atoms with Crippen molar-refractivity contribution >= 4 is 18.1 Å². The molecule has 0 radical (unpaired) electrons. The highest BCUT2D eigenvalue weighted by atomic mass is 32.2. The van der Waals surface area contributed by atoms with Crippen LogP contribution in [0.25, 0.3) is 0 Å². The van der Waals surface area contributed by atoms with E-state index in [1.165, 1.54) is 11.6 Å². The molecular formula is C18H29NO2SSi. The van der Waals surface area contributed by atoms with E-state index in [1.54, 1.807) is 16.4 Å². The molecule has 1 aromatic rings. The number of aryl methyl sites for hydroxylation is 1. The summed E-state index contributed by atoms with van der Waals surface area (Å²) in [5.41, 5.74) is 2.41. The molecule has 1 fully saturated rings. The van der Waals surface area contributed by atoms with Crippen molar-refractivity contribution in [1.82, 2.24) is 4.31 Å². The van der Waals surface area contributed by atoms with Gasteiger partial charge in [-0.15, -0.1) is 6.58 Å². The van der Waals surface area contributed by atoms with Crippen LogP contribution in [0.5, 0.6) is 0 Å². The second kappa shape index (κ2) is 6.91. The van der Waals surface area contributed by atoms with Gasteiger partial charge in [-0.05, 0) is 44.4 Å². The maximum absolute atomic E-state index is 12.5. The Bertz CT molecular complexity index is 659. The molecule has 1 aliphatic rings. The molecule has 0 spiro atoms. The lowest BCUT2D eigenvalue weighted by molar-refractivity contribution is 0.543. The van der Waals surface area contributed by atoms with E-state index in [-0.39, 0.29) is 6.04 Å². The minimum atomic E-state index is -3.29. The van der Waals surface area contributed by atoms with Crippen LogP contribution in [0.4, 0.5) is 0 Å². The summed E-state index contributed by atoms with van der Waals surface area (Å²) >= 11 is 0. The molecule has 5 heteroatoms. The van der Waals surface area contributed by atoms with Crippen LogP contribution in [0.1, 0.15) is 24.8 Å². The van der Waals surface area contributed by atoms with Crippen LogP contribution in [0.3, 0.4) is 0 Å².